The fraction of sp³-hybridized carbons (Fsp3) is 0.250. The van der Waals surface area contributed by atoms with Gasteiger partial charge in [-0.05, 0) is 43.0 Å². The van der Waals surface area contributed by atoms with Crippen LogP contribution in [0.3, 0.4) is 0 Å². The number of aromatic nitrogens is 2. The predicted octanol–water partition coefficient (Wildman–Crippen LogP) is 4.03. The van der Waals surface area contributed by atoms with Crippen molar-refractivity contribution in [2.75, 3.05) is 13.7 Å². The number of hydrogen-bond donors (Lipinski definition) is 2. The molecule has 1 aliphatic heterocycles. The lowest BCUT2D eigenvalue weighted by Gasteiger charge is -2.34. The number of carbonyl (C=O) groups is 1. The highest BCUT2D eigenvalue weighted by atomic mass is 32.1. The highest BCUT2D eigenvalue weighted by Crippen LogP contribution is 2.39. The van der Waals surface area contributed by atoms with Gasteiger partial charge in [0.25, 0.3) is 5.89 Å². The van der Waals surface area contributed by atoms with Gasteiger partial charge in [-0.15, -0.1) is 11.3 Å². The molecule has 2 amide bonds. The monoisotopic (exact) mass is 412 g/mol. The molecule has 0 saturated heterocycles. The van der Waals surface area contributed by atoms with Crippen LogP contribution < -0.4 is 10.1 Å². The van der Waals surface area contributed by atoms with Crippen molar-refractivity contribution in [1.82, 2.24) is 20.4 Å². The number of carbonyl (C=O) groups excluding carboxylic acids is 1. The van der Waals surface area contributed by atoms with Gasteiger partial charge in [-0.2, -0.15) is 4.98 Å². The Kier molecular flexibility index (Phi) is 4.98. The van der Waals surface area contributed by atoms with Crippen LogP contribution >= 0.6 is 11.3 Å². The van der Waals surface area contributed by atoms with Crippen molar-refractivity contribution < 1.29 is 19.2 Å². The number of benzene rings is 1. The maximum absolute atomic E-state index is 12.6. The van der Waals surface area contributed by atoms with E-state index in [-0.39, 0.29) is 11.8 Å². The molecule has 3 heterocycles. The van der Waals surface area contributed by atoms with Crippen LogP contribution in [0.15, 0.2) is 45.9 Å². The van der Waals surface area contributed by atoms with Crippen molar-refractivity contribution in [3.05, 3.63) is 52.9 Å². The van der Waals surface area contributed by atoms with Gasteiger partial charge in [-0.1, -0.05) is 17.3 Å². The van der Waals surface area contributed by atoms with Crippen LogP contribution in [0.1, 0.15) is 31.3 Å². The van der Waals surface area contributed by atoms with E-state index in [4.69, 9.17) is 9.26 Å². The summed E-state index contributed by atoms with van der Waals surface area (Å²) < 4.78 is 10.7. The molecule has 4 rings (SSSR count). The summed E-state index contributed by atoms with van der Waals surface area (Å²) in [6, 6.07) is 8.06. The van der Waals surface area contributed by atoms with E-state index >= 15 is 0 Å². The minimum absolute atomic E-state index is 0.0148. The molecule has 2 N–H and O–H groups in total. The van der Waals surface area contributed by atoms with Gasteiger partial charge in [-0.25, -0.2) is 4.79 Å². The average Bonchev–Trinajstić information content (AvgIpc) is 3.39. The van der Waals surface area contributed by atoms with Crippen molar-refractivity contribution in [3.8, 4) is 22.2 Å². The van der Waals surface area contributed by atoms with E-state index in [1.165, 1.54) is 18.4 Å². The Morgan fingerprint density at radius 3 is 2.86 bits per heavy atom. The Morgan fingerprint density at radius 2 is 2.21 bits per heavy atom. The first-order chi connectivity index (χ1) is 14.0. The zero-order valence-electron chi connectivity index (χ0n) is 16.2. The van der Waals surface area contributed by atoms with E-state index in [1.54, 1.807) is 23.1 Å². The highest BCUT2D eigenvalue weighted by molar-refractivity contribution is 7.13. The minimum Gasteiger partial charge on any atom is -0.504 e. The zero-order valence-corrected chi connectivity index (χ0v) is 17.0. The number of aromatic hydroxyl groups is 1. The van der Waals surface area contributed by atoms with Gasteiger partial charge < -0.3 is 19.7 Å². The molecule has 29 heavy (non-hydrogen) atoms. The van der Waals surface area contributed by atoms with Gasteiger partial charge in [0.2, 0.25) is 5.82 Å². The topological polar surface area (TPSA) is 101 Å². The second kappa shape index (κ2) is 7.59. The molecule has 0 fully saturated rings. The molecule has 1 aromatic carbocycles. The van der Waals surface area contributed by atoms with Crippen LogP contribution in [0.4, 0.5) is 4.79 Å². The maximum atomic E-state index is 12.6. The SMILES string of the molecule is CCN1C(=O)NC(c2ccc(OC)c(O)c2)C(c2nc(-c3cccs3)no2)=C1C. The van der Waals surface area contributed by atoms with Crippen molar-refractivity contribution >= 4 is 22.9 Å². The molecule has 0 saturated carbocycles. The van der Waals surface area contributed by atoms with Gasteiger partial charge in [0, 0.05) is 12.2 Å². The van der Waals surface area contributed by atoms with Crippen molar-refractivity contribution in [2.45, 2.75) is 19.9 Å². The molecular weight excluding hydrogens is 392 g/mol. The fourth-order valence-corrected chi connectivity index (χ4v) is 4.06. The Hall–Kier alpha value is -3.33. The molecule has 0 radical (unpaired) electrons. The van der Waals surface area contributed by atoms with Gasteiger partial charge in [-0.3, -0.25) is 4.90 Å². The lowest BCUT2D eigenvalue weighted by molar-refractivity contribution is 0.207. The summed E-state index contributed by atoms with van der Waals surface area (Å²) in [5.74, 6) is 1.15. The molecule has 9 heteroatoms. The lowest BCUT2D eigenvalue weighted by atomic mass is 9.94. The van der Waals surface area contributed by atoms with E-state index < -0.39 is 6.04 Å². The highest BCUT2D eigenvalue weighted by Gasteiger charge is 2.35. The van der Waals surface area contributed by atoms with Crippen LogP contribution in [0.2, 0.25) is 0 Å². The van der Waals surface area contributed by atoms with Gasteiger partial charge in [0.05, 0.1) is 23.6 Å². The largest absolute Gasteiger partial charge is 0.504 e. The number of allylic oxidation sites excluding steroid dienone is 1. The van der Waals surface area contributed by atoms with Crippen LogP contribution in [-0.2, 0) is 0 Å². The molecule has 0 bridgehead atoms. The fourth-order valence-electron chi connectivity index (χ4n) is 3.41. The van der Waals surface area contributed by atoms with Gasteiger partial charge in [0.1, 0.15) is 0 Å². The second-order valence-electron chi connectivity index (χ2n) is 6.46. The third-order valence-electron chi connectivity index (χ3n) is 4.85. The van der Waals surface area contributed by atoms with Crippen LogP contribution in [0.5, 0.6) is 11.5 Å². The third-order valence-corrected chi connectivity index (χ3v) is 5.71. The van der Waals surface area contributed by atoms with Gasteiger partial charge in [0.15, 0.2) is 11.5 Å². The molecule has 1 unspecified atom stereocenters. The zero-order chi connectivity index (χ0) is 20.5. The molecule has 1 atom stereocenters. The number of rotatable bonds is 5. The second-order valence-corrected chi connectivity index (χ2v) is 7.41. The summed E-state index contributed by atoms with van der Waals surface area (Å²) in [5.41, 5.74) is 2.09. The van der Waals surface area contributed by atoms with Crippen LogP contribution in [0.25, 0.3) is 16.3 Å². The smallest absolute Gasteiger partial charge is 0.322 e. The quantitative estimate of drug-likeness (QED) is 0.656. The Morgan fingerprint density at radius 1 is 1.38 bits per heavy atom. The molecule has 8 nitrogen and oxygen atoms in total. The standard InChI is InChI=1S/C20H20N4O4S/c1-4-24-11(2)16(19-22-18(23-28-19)15-6-5-9-29-15)17(21-20(24)26)12-7-8-14(27-3)13(25)10-12/h5-10,17,25H,4H2,1-3H3,(H,21,26). The Labute approximate surface area is 171 Å². The predicted molar refractivity (Wildman–Crippen MR) is 109 cm³/mol. The van der Waals surface area contributed by atoms with Crippen LogP contribution in [-0.4, -0.2) is 39.8 Å². The Balaban J connectivity index is 1.82. The number of urea groups is 1. The maximum Gasteiger partial charge on any atom is 0.322 e. The van der Waals surface area contributed by atoms with E-state index in [0.717, 1.165) is 10.6 Å². The van der Waals surface area contributed by atoms with E-state index in [2.05, 4.69) is 15.5 Å². The van der Waals surface area contributed by atoms with Crippen LogP contribution in [0, 0.1) is 0 Å². The summed E-state index contributed by atoms with van der Waals surface area (Å²) in [6.07, 6.45) is 0. The molecule has 3 aromatic rings. The summed E-state index contributed by atoms with van der Waals surface area (Å²) in [6.45, 7) is 4.24. The molecule has 2 aromatic heterocycles. The number of amides is 2. The third kappa shape index (κ3) is 3.33. The summed E-state index contributed by atoms with van der Waals surface area (Å²) in [4.78, 5) is 19.7. The van der Waals surface area contributed by atoms with Crippen molar-refractivity contribution in [3.63, 3.8) is 0 Å². The number of methoxy groups -OCH3 is 1. The van der Waals surface area contributed by atoms with Crippen molar-refractivity contribution in [1.29, 1.82) is 0 Å². The summed E-state index contributed by atoms with van der Waals surface area (Å²) >= 11 is 1.52. The van der Waals surface area contributed by atoms with E-state index in [9.17, 15) is 9.90 Å². The molecule has 150 valence electrons. The first kappa shape index (κ1) is 19.0. The molecular formula is C20H20N4O4S. The first-order valence-electron chi connectivity index (χ1n) is 9.07. The summed E-state index contributed by atoms with van der Waals surface area (Å²) in [7, 11) is 1.48. The molecule has 0 spiro atoms. The first-order valence-corrected chi connectivity index (χ1v) is 9.95. The lowest BCUT2D eigenvalue weighted by Crippen LogP contribution is -2.45. The average molecular weight is 412 g/mol. The van der Waals surface area contributed by atoms with Gasteiger partial charge >= 0.3 is 6.03 Å². The molecule has 0 aliphatic carbocycles. The number of thiophene rings is 1. The number of hydrogen-bond acceptors (Lipinski definition) is 7. The number of nitrogens with one attached hydrogen (secondary N) is 1. The normalized spacial score (nSPS) is 16.9. The Bertz CT molecular complexity index is 1070. The van der Waals surface area contributed by atoms with E-state index in [0.29, 0.717) is 35.1 Å². The molecule has 1 aliphatic rings. The van der Waals surface area contributed by atoms with E-state index in [1.807, 2.05) is 31.4 Å². The number of phenols is 1. The number of nitrogens with zero attached hydrogens (tertiary/aromatic N) is 3. The number of ether oxygens (including phenoxy) is 1. The minimum atomic E-state index is -0.557. The summed E-state index contributed by atoms with van der Waals surface area (Å²) in [5, 5.41) is 19.2. The number of phenolic OH excluding ortho intramolecular Hbond substituents is 1. The van der Waals surface area contributed by atoms with Crippen molar-refractivity contribution in [2.24, 2.45) is 0 Å².